The summed E-state index contributed by atoms with van der Waals surface area (Å²) in [6.07, 6.45) is 11.0. The number of ether oxygens (including phenoxy) is 4. The van der Waals surface area contributed by atoms with Gasteiger partial charge in [-0.25, -0.2) is 4.79 Å². The lowest BCUT2D eigenvalue weighted by Gasteiger charge is -2.23. The van der Waals surface area contributed by atoms with Crippen molar-refractivity contribution in [2.45, 2.75) is 78.1 Å². The zero-order valence-corrected chi connectivity index (χ0v) is 28.6. The van der Waals surface area contributed by atoms with Crippen molar-refractivity contribution in [3.05, 3.63) is 72.3 Å². The van der Waals surface area contributed by atoms with E-state index in [1.807, 2.05) is 24.3 Å². The van der Waals surface area contributed by atoms with Crippen LogP contribution in [0.25, 0.3) is 0 Å². The second kappa shape index (κ2) is 20.3. The van der Waals surface area contributed by atoms with Crippen LogP contribution in [0.15, 0.2) is 77.0 Å². The minimum absolute atomic E-state index is 0.370. The van der Waals surface area contributed by atoms with Gasteiger partial charge in [0.1, 0.15) is 28.6 Å². The summed E-state index contributed by atoms with van der Waals surface area (Å²) in [6.45, 7) is 7.35. The van der Waals surface area contributed by atoms with Gasteiger partial charge in [0.25, 0.3) is 0 Å². The first-order valence-electron chi connectivity index (χ1n) is 16.9. The smallest absolute Gasteiger partial charge is 0.347 e. The maximum Gasteiger partial charge on any atom is 0.347 e. The van der Waals surface area contributed by atoms with Gasteiger partial charge < -0.3 is 23.4 Å². The Labute approximate surface area is 276 Å². The average molecular weight is 633 g/mol. The SMILES string of the molecule is CCCCCCOc1ccc(C(=O)Oc2ccc(N=Nc3ccc(OCCCC)cc3)cc2)c(OCCCCCC[N+](C)(C)C)c1. The highest BCUT2D eigenvalue weighted by molar-refractivity contribution is 5.94. The molecule has 8 nitrogen and oxygen atoms in total. The van der Waals surface area contributed by atoms with E-state index in [2.05, 4.69) is 45.2 Å². The number of azo groups is 1. The Hall–Kier alpha value is -3.91. The standard InChI is InChI=1S/C38H54N3O5/c1-6-8-10-14-28-44-35-24-25-36(37(30-35)45-29-15-12-11-13-26-41(3,4)5)38(42)46-34-22-18-32(19-23-34)40-39-31-16-20-33(21-17-31)43-27-9-7-2/h16-25,30H,6-15,26-29H2,1-5H3/q+1. The Morgan fingerprint density at radius 3 is 1.74 bits per heavy atom. The van der Waals surface area contributed by atoms with Gasteiger partial charge in [-0.3, -0.25) is 0 Å². The van der Waals surface area contributed by atoms with Crippen LogP contribution in [0.5, 0.6) is 23.0 Å². The molecule has 0 aliphatic heterocycles. The molecule has 0 radical (unpaired) electrons. The van der Waals surface area contributed by atoms with E-state index in [-0.39, 0.29) is 0 Å². The van der Waals surface area contributed by atoms with E-state index < -0.39 is 5.97 Å². The van der Waals surface area contributed by atoms with Crippen molar-refractivity contribution in [3.63, 3.8) is 0 Å². The fraction of sp³-hybridized carbons (Fsp3) is 0.500. The lowest BCUT2D eigenvalue weighted by Crippen LogP contribution is -2.35. The molecule has 3 aromatic rings. The molecule has 0 spiro atoms. The summed E-state index contributed by atoms with van der Waals surface area (Å²) < 4.78 is 24.5. The molecular formula is C38H54N3O5+. The molecule has 3 rings (SSSR count). The number of hydrogen-bond acceptors (Lipinski definition) is 7. The molecule has 0 unspecified atom stereocenters. The van der Waals surface area contributed by atoms with Crippen LogP contribution in [-0.2, 0) is 0 Å². The van der Waals surface area contributed by atoms with E-state index in [0.29, 0.717) is 48.3 Å². The first kappa shape index (κ1) is 36.6. The minimum Gasteiger partial charge on any atom is -0.494 e. The van der Waals surface area contributed by atoms with E-state index in [1.165, 1.54) is 19.3 Å². The van der Waals surface area contributed by atoms with E-state index in [1.54, 1.807) is 42.5 Å². The van der Waals surface area contributed by atoms with Crippen LogP contribution in [-0.4, -0.2) is 58.0 Å². The predicted octanol–water partition coefficient (Wildman–Crippen LogP) is 10.1. The highest BCUT2D eigenvalue weighted by Crippen LogP contribution is 2.28. The quantitative estimate of drug-likeness (QED) is 0.0362. The van der Waals surface area contributed by atoms with Gasteiger partial charge in [-0.2, -0.15) is 10.2 Å². The van der Waals surface area contributed by atoms with Crippen LogP contribution >= 0.6 is 0 Å². The molecule has 0 aromatic heterocycles. The number of unbranched alkanes of at least 4 members (excludes halogenated alkanes) is 7. The van der Waals surface area contributed by atoms with Crippen LogP contribution in [0.3, 0.4) is 0 Å². The number of rotatable bonds is 22. The Morgan fingerprint density at radius 2 is 1.11 bits per heavy atom. The molecule has 0 saturated heterocycles. The van der Waals surface area contributed by atoms with E-state index >= 15 is 0 Å². The monoisotopic (exact) mass is 632 g/mol. The lowest BCUT2D eigenvalue weighted by molar-refractivity contribution is -0.870. The number of hydrogen-bond donors (Lipinski definition) is 0. The van der Waals surface area contributed by atoms with Crippen LogP contribution in [0, 0.1) is 0 Å². The fourth-order valence-corrected chi connectivity index (χ4v) is 4.62. The van der Waals surface area contributed by atoms with Crippen molar-refractivity contribution in [1.29, 1.82) is 0 Å². The number of carbonyl (C=O) groups excluding carboxylic acids is 1. The zero-order chi connectivity index (χ0) is 33.0. The summed E-state index contributed by atoms with van der Waals surface area (Å²) in [5, 5.41) is 8.61. The van der Waals surface area contributed by atoms with Gasteiger partial charge in [0, 0.05) is 6.07 Å². The van der Waals surface area contributed by atoms with Gasteiger partial charge in [0.15, 0.2) is 0 Å². The average Bonchev–Trinajstić information content (AvgIpc) is 3.04. The number of esters is 1. The van der Waals surface area contributed by atoms with Crippen molar-refractivity contribution < 1.29 is 28.2 Å². The fourth-order valence-electron chi connectivity index (χ4n) is 4.62. The van der Waals surface area contributed by atoms with Crippen LogP contribution in [0.1, 0.15) is 88.4 Å². The highest BCUT2D eigenvalue weighted by Gasteiger charge is 2.17. The van der Waals surface area contributed by atoms with Crippen molar-refractivity contribution in [2.75, 3.05) is 47.5 Å². The van der Waals surface area contributed by atoms with Crippen LogP contribution in [0.4, 0.5) is 11.4 Å². The predicted molar refractivity (Wildman–Crippen MR) is 185 cm³/mol. The Bertz CT molecular complexity index is 1320. The number of benzene rings is 3. The van der Waals surface area contributed by atoms with Gasteiger partial charge >= 0.3 is 5.97 Å². The first-order valence-corrected chi connectivity index (χ1v) is 16.9. The van der Waals surface area contributed by atoms with Crippen molar-refractivity contribution in [1.82, 2.24) is 0 Å². The van der Waals surface area contributed by atoms with E-state index in [0.717, 1.165) is 67.4 Å². The third-order valence-corrected chi connectivity index (χ3v) is 7.35. The van der Waals surface area contributed by atoms with Gasteiger partial charge in [-0.15, -0.1) is 0 Å². The summed E-state index contributed by atoms with van der Waals surface area (Å²) in [5.74, 6) is 1.93. The molecule has 0 aliphatic carbocycles. The van der Waals surface area contributed by atoms with Crippen molar-refractivity contribution in [2.24, 2.45) is 10.2 Å². The second-order valence-corrected chi connectivity index (χ2v) is 12.6. The molecule has 0 saturated carbocycles. The number of quaternary nitrogens is 1. The second-order valence-electron chi connectivity index (χ2n) is 12.6. The largest absolute Gasteiger partial charge is 0.494 e. The summed E-state index contributed by atoms with van der Waals surface area (Å²) in [6, 6.07) is 19.8. The Morgan fingerprint density at radius 1 is 0.587 bits per heavy atom. The van der Waals surface area contributed by atoms with E-state index in [9.17, 15) is 4.79 Å². The molecule has 46 heavy (non-hydrogen) atoms. The molecule has 250 valence electrons. The maximum absolute atomic E-state index is 13.3. The Balaban J connectivity index is 1.58. The van der Waals surface area contributed by atoms with Crippen LogP contribution < -0.4 is 18.9 Å². The zero-order valence-electron chi connectivity index (χ0n) is 28.6. The molecule has 0 amide bonds. The van der Waals surface area contributed by atoms with E-state index in [4.69, 9.17) is 18.9 Å². The first-order chi connectivity index (χ1) is 22.3. The molecule has 0 fully saturated rings. The summed E-state index contributed by atoms with van der Waals surface area (Å²) in [5.41, 5.74) is 1.74. The van der Waals surface area contributed by atoms with Crippen molar-refractivity contribution >= 4 is 17.3 Å². The third kappa shape index (κ3) is 14.5. The molecular weight excluding hydrogens is 578 g/mol. The summed E-state index contributed by atoms with van der Waals surface area (Å²) in [4.78, 5) is 13.3. The molecule has 0 aliphatic rings. The molecule has 0 bridgehead atoms. The molecule has 3 aromatic carbocycles. The number of nitrogens with zero attached hydrogens (tertiary/aromatic N) is 3. The molecule has 8 heteroatoms. The molecule has 0 atom stereocenters. The van der Waals surface area contributed by atoms with Gasteiger partial charge in [-0.1, -0.05) is 39.5 Å². The third-order valence-electron chi connectivity index (χ3n) is 7.35. The maximum atomic E-state index is 13.3. The number of carbonyl (C=O) groups is 1. The summed E-state index contributed by atoms with van der Waals surface area (Å²) >= 11 is 0. The van der Waals surface area contributed by atoms with Gasteiger partial charge in [0.05, 0.1) is 58.9 Å². The minimum atomic E-state index is -0.483. The topological polar surface area (TPSA) is 78.7 Å². The summed E-state index contributed by atoms with van der Waals surface area (Å²) in [7, 11) is 6.65. The molecule has 0 N–H and O–H groups in total. The Kier molecular flexibility index (Phi) is 16.1. The van der Waals surface area contributed by atoms with Gasteiger partial charge in [-0.05, 0) is 99.2 Å². The lowest BCUT2D eigenvalue weighted by atomic mass is 10.1. The molecule has 0 heterocycles. The van der Waals surface area contributed by atoms with Crippen LogP contribution in [0.2, 0.25) is 0 Å². The highest BCUT2D eigenvalue weighted by atomic mass is 16.5. The normalized spacial score (nSPS) is 11.5. The van der Waals surface area contributed by atoms with Gasteiger partial charge in [0.2, 0.25) is 0 Å². The van der Waals surface area contributed by atoms with Crippen molar-refractivity contribution in [3.8, 4) is 23.0 Å².